The van der Waals surface area contributed by atoms with Crippen LogP contribution in [0, 0.1) is 13.8 Å². The lowest BCUT2D eigenvalue weighted by Gasteiger charge is -2.18. The number of carbonyl (C=O) groups excluding carboxylic acids is 1. The maximum Gasteiger partial charge on any atom is 0.265 e. The van der Waals surface area contributed by atoms with Crippen molar-refractivity contribution in [3.63, 3.8) is 0 Å². The predicted octanol–water partition coefficient (Wildman–Crippen LogP) is 5.03. The van der Waals surface area contributed by atoms with E-state index in [-0.39, 0.29) is 12.0 Å². The third-order valence-corrected chi connectivity index (χ3v) is 5.13. The second-order valence-corrected chi connectivity index (χ2v) is 8.00. The largest absolute Gasteiger partial charge is 0.491 e. The van der Waals surface area contributed by atoms with Crippen LogP contribution in [0.15, 0.2) is 40.9 Å². The lowest BCUT2D eigenvalue weighted by Crippen LogP contribution is -2.30. The number of carbonyl (C=O) groups is 1. The maximum absolute atomic E-state index is 12.5. The number of halogens is 1. The van der Waals surface area contributed by atoms with Gasteiger partial charge in [0.2, 0.25) is 0 Å². The van der Waals surface area contributed by atoms with E-state index in [1.807, 2.05) is 50.2 Å². The van der Waals surface area contributed by atoms with Crippen molar-refractivity contribution in [3.05, 3.63) is 52.0 Å². The van der Waals surface area contributed by atoms with Gasteiger partial charge in [0, 0.05) is 16.8 Å². The molecule has 3 rings (SSSR count). The molecule has 1 saturated heterocycles. The summed E-state index contributed by atoms with van der Waals surface area (Å²) in [5.41, 5.74) is 2.67. The van der Waals surface area contributed by atoms with Gasteiger partial charge in [0.15, 0.2) is 6.10 Å². The molecule has 0 saturated carbocycles. The Bertz CT molecular complexity index is 793. The highest BCUT2D eigenvalue weighted by Gasteiger charge is 2.18. The normalized spacial score (nSPS) is 17.2. The molecule has 6 heteroatoms. The minimum Gasteiger partial charge on any atom is -0.491 e. The third kappa shape index (κ3) is 5.49. The molecule has 0 unspecified atom stereocenters. The van der Waals surface area contributed by atoms with Gasteiger partial charge in [-0.2, -0.15) is 0 Å². The molecule has 2 aromatic rings. The van der Waals surface area contributed by atoms with E-state index in [4.69, 9.17) is 14.2 Å². The predicted molar refractivity (Wildman–Crippen MR) is 113 cm³/mol. The Morgan fingerprint density at radius 2 is 1.93 bits per heavy atom. The lowest BCUT2D eigenvalue weighted by molar-refractivity contribution is -0.122. The van der Waals surface area contributed by atoms with Gasteiger partial charge in [0.05, 0.1) is 6.10 Å². The van der Waals surface area contributed by atoms with E-state index in [9.17, 15) is 4.79 Å². The topological polar surface area (TPSA) is 56.8 Å². The summed E-state index contributed by atoms with van der Waals surface area (Å²) in [5, 5.41) is 2.88. The average molecular weight is 448 g/mol. The van der Waals surface area contributed by atoms with Gasteiger partial charge in [-0.15, -0.1) is 0 Å². The van der Waals surface area contributed by atoms with Gasteiger partial charge >= 0.3 is 0 Å². The summed E-state index contributed by atoms with van der Waals surface area (Å²) in [6, 6.07) is 11.3. The van der Waals surface area contributed by atoms with E-state index in [1.165, 1.54) is 0 Å². The minimum atomic E-state index is -0.617. The Labute approximate surface area is 174 Å². The van der Waals surface area contributed by atoms with E-state index in [1.54, 1.807) is 6.92 Å². The highest BCUT2D eigenvalue weighted by Crippen LogP contribution is 2.28. The van der Waals surface area contributed by atoms with Crippen molar-refractivity contribution in [2.45, 2.75) is 45.8 Å². The Kier molecular flexibility index (Phi) is 6.97. The summed E-state index contributed by atoms with van der Waals surface area (Å²) in [4.78, 5) is 12.5. The summed E-state index contributed by atoms with van der Waals surface area (Å²) in [6.45, 7) is 7.05. The molecular weight excluding hydrogens is 422 g/mol. The molecule has 0 radical (unpaired) electrons. The first kappa shape index (κ1) is 20.7. The Morgan fingerprint density at radius 1 is 1.25 bits per heavy atom. The molecule has 1 aliphatic heterocycles. The van der Waals surface area contributed by atoms with Crippen molar-refractivity contribution < 1.29 is 19.0 Å². The summed E-state index contributed by atoms with van der Waals surface area (Å²) < 4.78 is 18.2. The van der Waals surface area contributed by atoms with E-state index < -0.39 is 6.10 Å². The molecule has 1 N–H and O–H groups in total. The molecule has 0 aliphatic carbocycles. The zero-order valence-electron chi connectivity index (χ0n) is 16.5. The minimum absolute atomic E-state index is 0.183. The third-order valence-electron chi connectivity index (χ3n) is 4.67. The Hall–Kier alpha value is -2.05. The Morgan fingerprint density at radius 3 is 2.54 bits per heavy atom. The molecule has 0 bridgehead atoms. The monoisotopic (exact) mass is 447 g/mol. The molecule has 0 aromatic heterocycles. The molecule has 1 aliphatic rings. The quantitative estimate of drug-likeness (QED) is 0.646. The fraction of sp³-hybridized carbons (Fsp3) is 0.409. The first-order chi connectivity index (χ1) is 13.4. The standard InChI is InChI=1S/C22H26BrNO4/c1-14-11-17(23)12-15(2)21(14)28-16(3)22(25)24-18-6-8-19(9-7-18)27-13-20-5-4-10-26-20/h6-9,11-12,16,20H,4-5,10,13H2,1-3H3,(H,24,25)/t16-,20-/m1/s1. The highest BCUT2D eigenvalue weighted by molar-refractivity contribution is 9.10. The summed E-state index contributed by atoms with van der Waals surface area (Å²) in [6.07, 6.45) is 1.71. The van der Waals surface area contributed by atoms with Crippen LogP contribution in [0.1, 0.15) is 30.9 Å². The van der Waals surface area contributed by atoms with Crippen LogP contribution in [0.4, 0.5) is 5.69 Å². The summed E-state index contributed by atoms with van der Waals surface area (Å²) in [7, 11) is 0. The van der Waals surface area contributed by atoms with Gasteiger partial charge in [0.1, 0.15) is 18.1 Å². The molecule has 28 heavy (non-hydrogen) atoms. The second kappa shape index (κ2) is 9.43. The number of amides is 1. The van der Waals surface area contributed by atoms with Crippen molar-refractivity contribution in [3.8, 4) is 11.5 Å². The lowest BCUT2D eigenvalue weighted by atomic mass is 10.1. The number of aryl methyl sites for hydroxylation is 2. The highest BCUT2D eigenvalue weighted by atomic mass is 79.9. The number of hydrogen-bond donors (Lipinski definition) is 1. The number of ether oxygens (including phenoxy) is 3. The van der Waals surface area contributed by atoms with Crippen molar-refractivity contribution in [2.24, 2.45) is 0 Å². The SMILES string of the molecule is Cc1cc(Br)cc(C)c1O[C@H](C)C(=O)Nc1ccc(OC[C@H]2CCCO2)cc1. The fourth-order valence-corrected chi connectivity index (χ4v) is 3.84. The van der Waals surface area contributed by atoms with Gasteiger partial charge in [0.25, 0.3) is 5.91 Å². The van der Waals surface area contributed by atoms with Crippen molar-refractivity contribution in [1.29, 1.82) is 0 Å². The van der Waals surface area contributed by atoms with Gasteiger partial charge in [-0.1, -0.05) is 15.9 Å². The van der Waals surface area contributed by atoms with Crippen LogP contribution < -0.4 is 14.8 Å². The fourth-order valence-electron chi connectivity index (χ4n) is 3.16. The van der Waals surface area contributed by atoms with Crippen LogP contribution in [0.25, 0.3) is 0 Å². The van der Waals surface area contributed by atoms with Crippen molar-refractivity contribution >= 4 is 27.5 Å². The molecule has 1 amide bonds. The van der Waals surface area contributed by atoms with Crippen LogP contribution in [0.3, 0.4) is 0 Å². The molecular formula is C22H26BrNO4. The average Bonchev–Trinajstić information content (AvgIpc) is 3.17. The van der Waals surface area contributed by atoms with Crippen LogP contribution >= 0.6 is 15.9 Å². The van der Waals surface area contributed by atoms with Gasteiger partial charge in [-0.05, 0) is 81.1 Å². The second-order valence-electron chi connectivity index (χ2n) is 7.09. The van der Waals surface area contributed by atoms with Crippen LogP contribution in [0.2, 0.25) is 0 Å². The van der Waals surface area contributed by atoms with Crippen molar-refractivity contribution in [2.75, 3.05) is 18.5 Å². The summed E-state index contributed by atoms with van der Waals surface area (Å²) >= 11 is 3.47. The van der Waals surface area contributed by atoms with E-state index in [0.717, 1.165) is 46.5 Å². The van der Waals surface area contributed by atoms with E-state index >= 15 is 0 Å². The van der Waals surface area contributed by atoms with Gasteiger partial charge in [-0.3, -0.25) is 4.79 Å². The zero-order valence-corrected chi connectivity index (χ0v) is 18.0. The maximum atomic E-state index is 12.5. The van der Waals surface area contributed by atoms with E-state index in [2.05, 4.69) is 21.2 Å². The molecule has 0 spiro atoms. The number of rotatable bonds is 7. The first-order valence-corrected chi connectivity index (χ1v) is 10.3. The van der Waals surface area contributed by atoms with Gasteiger partial charge in [-0.25, -0.2) is 0 Å². The zero-order chi connectivity index (χ0) is 20.1. The Balaban J connectivity index is 1.53. The number of nitrogens with one attached hydrogen (secondary N) is 1. The van der Waals surface area contributed by atoms with Crippen molar-refractivity contribution in [1.82, 2.24) is 0 Å². The molecule has 1 heterocycles. The first-order valence-electron chi connectivity index (χ1n) is 9.51. The molecule has 1 fully saturated rings. The number of hydrogen-bond acceptors (Lipinski definition) is 4. The van der Waals surface area contributed by atoms with Crippen LogP contribution in [-0.2, 0) is 9.53 Å². The van der Waals surface area contributed by atoms with E-state index in [0.29, 0.717) is 12.3 Å². The summed E-state index contributed by atoms with van der Waals surface area (Å²) in [5.74, 6) is 1.30. The number of anilines is 1. The smallest absolute Gasteiger partial charge is 0.265 e. The molecule has 5 nitrogen and oxygen atoms in total. The molecule has 150 valence electrons. The van der Waals surface area contributed by atoms with Crippen LogP contribution in [0.5, 0.6) is 11.5 Å². The molecule has 2 atom stereocenters. The molecule has 2 aromatic carbocycles. The van der Waals surface area contributed by atoms with Gasteiger partial charge < -0.3 is 19.5 Å². The number of benzene rings is 2. The van der Waals surface area contributed by atoms with Crippen LogP contribution in [-0.4, -0.2) is 31.3 Å².